The first-order valence-electron chi connectivity index (χ1n) is 9.67. The summed E-state index contributed by atoms with van der Waals surface area (Å²) in [5.74, 6) is -2.71. The highest BCUT2D eigenvalue weighted by Crippen LogP contribution is 2.40. The number of aliphatic hydroxyl groups is 1. The first-order valence-corrected chi connectivity index (χ1v) is 10.5. The van der Waals surface area contributed by atoms with Crippen molar-refractivity contribution >= 4 is 33.4 Å². The number of aromatic nitrogens is 1. The second-order valence-corrected chi connectivity index (χ2v) is 8.10. The number of carbonyl (C=O) groups excluding carboxylic acids is 2. The van der Waals surface area contributed by atoms with Crippen molar-refractivity contribution in [2.24, 2.45) is 0 Å². The number of halogens is 2. The number of pyridine rings is 1. The maximum absolute atomic E-state index is 14.3. The second kappa shape index (κ2) is 8.92. The topological polar surface area (TPSA) is 79.7 Å². The van der Waals surface area contributed by atoms with E-state index in [0.29, 0.717) is 5.56 Å². The number of ether oxygens (including phenoxy) is 1. The number of nitrogens with zero attached hydrogens (tertiary/aromatic N) is 2. The monoisotopic (exact) mass is 496 g/mol. The zero-order chi connectivity index (χ0) is 22.8. The van der Waals surface area contributed by atoms with Crippen molar-refractivity contribution in [2.45, 2.75) is 12.6 Å². The van der Waals surface area contributed by atoms with Crippen molar-refractivity contribution in [2.75, 3.05) is 7.11 Å². The molecule has 1 saturated heterocycles. The minimum absolute atomic E-state index is 0.00384. The van der Waals surface area contributed by atoms with Gasteiger partial charge in [-0.1, -0.05) is 28.1 Å². The number of methoxy groups -OCH3 is 1. The fourth-order valence-electron chi connectivity index (χ4n) is 3.69. The van der Waals surface area contributed by atoms with Gasteiger partial charge in [0.25, 0.3) is 11.7 Å². The van der Waals surface area contributed by atoms with E-state index >= 15 is 0 Å². The van der Waals surface area contributed by atoms with E-state index < -0.39 is 29.3 Å². The number of ketones is 1. The summed E-state index contributed by atoms with van der Waals surface area (Å²) in [5.41, 5.74) is 1.39. The third-order valence-corrected chi connectivity index (χ3v) is 5.78. The molecule has 162 valence electrons. The number of Topliss-reactive ketones (excluding diaryl/α,β-unsaturated/α-hetero) is 1. The highest BCUT2D eigenvalue weighted by atomic mass is 79.9. The average Bonchev–Trinajstić information content (AvgIpc) is 3.04. The second-order valence-electron chi connectivity index (χ2n) is 7.18. The molecule has 0 radical (unpaired) electrons. The molecule has 0 saturated carbocycles. The Morgan fingerprint density at radius 1 is 1.12 bits per heavy atom. The van der Waals surface area contributed by atoms with Crippen LogP contribution in [0.4, 0.5) is 4.39 Å². The maximum Gasteiger partial charge on any atom is 0.295 e. The first kappa shape index (κ1) is 21.7. The number of rotatable bonds is 5. The highest BCUT2D eigenvalue weighted by molar-refractivity contribution is 9.10. The quantitative estimate of drug-likeness (QED) is 0.317. The molecule has 3 aromatic rings. The van der Waals surface area contributed by atoms with Crippen LogP contribution in [0.3, 0.4) is 0 Å². The third-order valence-electron chi connectivity index (χ3n) is 5.25. The van der Waals surface area contributed by atoms with Crippen LogP contribution in [0.25, 0.3) is 5.76 Å². The summed E-state index contributed by atoms with van der Waals surface area (Å²) in [7, 11) is 1.33. The van der Waals surface area contributed by atoms with E-state index in [1.807, 2.05) is 0 Å². The van der Waals surface area contributed by atoms with Gasteiger partial charge in [-0.25, -0.2) is 4.39 Å². The number of carbonyl (C=O) groups is 2. The minimum atomic E-state index is -0.846. The van der Waals surface area contributed by atoms with Crippen LogP contribution in [0.1, 0.15) is 22.7 Å². The average molecular weight is 497 g/mol. The Morgan fingerprint density at radius 3 is 2.44 bits per heavy atom. The Morgan fingerprint density at radius 2 is 1.81 bits per heavy atom. The minimum Gasteiger partial charge on any atom is -0.507 e. The van der Waals surface area contributed by atoms with Gasteiger partial charge in [-0.15, -0.1) is 0 Å². The molecular weight excluding hydrogens is 479 g/mol. The van der Waals surface area contributed by atoms with Crippen LogP contribution in [0, 0.1) is 5.82 Å². The molecule has 0 aliphatic carbocycles. The number of amides is 1. The Kier molecular flexibility index (Phi) is 6.05. The van der Waals surface area contributed by atoms with Crippen LogP contribution >= 0.6 is 15.9 Å². The summed E-state index contributed by atoms with van der Waals surface area (Å²) >= 11 is 3.38. The molecule has 1 amide bonds. The Bertz CT molecular complexity index is 1210. The highest BCUT2D eigenvalue weighted by Gasteiger charge is 2.46. The summed E-state index contributed by atoms with van der Waals surface area (Å²) in [4.78, 5) is 31.4. The smallest absolute Gasteiger partial charge is 0.295 e. The lowest BCUT2D eigenvalue weighted by Gasteiger charge is -2.25. The molecule has 8 heteroatoms. The Labute approximate surface area is 192 Å². The number of likely N-dealkylation sites (tertiary alicyclic amines) is 1. The molecule has 32 heavy (non-hydrogen) atoms. The zero-order valence-corrected chi connectivity index (χ0v) is 18.5. The van der Waals surface area contributed by atoms with E-state index in [9.17, 15) is 19.1 Å². The molecule has 1 fully saturated rings. The number of hydrogen-bond donors (Lipinski definition) is 1. The molecule has 2 heterocycles. The molecule has 0 bridgehead atoms. The molecule has 1 unspecified atom stereocenters. The van der Waals surface area contributed by atoms with Gasteiger partial charge in [0.1, 0.15) is 5.76 Å². The molecule has 6 nitrogen and oxygen atoms in total. The number of hydrogen-bond acceptors (Lipinski definition) is 5. The number of aliphatic hydroxyl groups excluding tert-OH is 1. The van der Waals surface area contributed by atoms with E-state index in [4.69, 9.17) is 4.74 Å². The van der Waals surface area contributed by atoms with Crippen LogP contribution in [-0.2, 0) is 16.1 Å². The predicted molar refractivity (Wildman–Crippen MR) is 119 cm³/mol. The molecule has 1 aromatic heterocycles. The van der Waals surface area contributed by atoms with Crippen LogP contribution in [0.2, 0.25) is 0 Å². The molecule has 1 N–H and O–H groups in total. The fourth-order valence-corrected chi connectivity index (χ4v) is 3.95. The summed E-state index contributed by atoms with van der Waals surface area (Å²) < 4.78 is 20.0. The van der Waals surface area contributed by atoms with E-state index in [0.717, 1.165) is 16.1 Å². The van der Waals surface area contributed by atoms with Crippen molar-refractivity contribution in [3.63, 3.8) is 0 Å². The van der Waals surface area contributed by atoms with Gasteiger partial charge in [0.15, 0.2) is 11.6 Å². The molecule has 1 atom stereocenters. The molecule has 1 aliphatic heterocycles. The molecule has 4 rings (SSSR count). The predicted octanol–water partition coefficient (Wildman–Crippen LogP) is 4.61. The SMILES string of the molecule is COc1ccc(/C(O)=C2/C(=O)C(=O)N(Cc3ccncc3)C2c2ccc(Br)cc2)cc1F. The standard InChI is InChI=1S/C24H18BrFN2O4/c1-32-19-7-4-16(12-18(19)26)22(29)20-21(15-2-5-17(25)6-3-15)28(24(31)23(20)30)13-14-8-10-27-11-9-14/h2-12,21,29H,13H2,1H3/b22-20-. The Hall–Kier alpha value is -3.52. The van der Waals surface area contributed by atoms with Gasteiger partial charge >= 0.3 is 0 Å². The van der Waals surface area contributed by atoms with E-state index in [1.165, 1.54) is 24.1 Å². The number of benzene rings is 2. The van der Waals surface area contributed by atoms with Gasteiger partial charge in [-0.3, -0.25) is 14.6 Å². The van der Waals surface area contributed by atoms with Crippen LogP contribution in [0.5, 0.6) is 5.75 Å². The molecular formula is C24H18BrFN2O4. The fraction of sp³-hybridized carbons (Fsp3) is 0.125. The van der Waals surface area contributed by atoms with Gasteiger partial charge in [0.05, 0.1) is 18.7 Å². The van der Waals surface area contributed by atoms with Crippen LogP contribution in [0.15, 0.2) is 77.0 Å². The van der Waals surface area contributed by atoms with E-state index in [-0.39, 0.29) is 23.4 Å². The lowest BCUT2D eigenvalue weighted by Crippen LogP contribution is -2.29. The maximum atomic E-state index is 14.3. The largest absolute Gasteiger partial charge is 0.507 e. The van der Waals surface area contributed by atoms with Gasteiger partial charge in [0.2, 0.25) is 0 Å². The molecule has 1 aliphatic rings. The summed E-state index contributed by atoms with van der Waals surface area (Å²) in [5, 5.41) is 11.0. The van der Waals surface area contributed by atoms with Crippen molar-refractivity contribution < 1.29 is 23.8 Å². The van der Waals surface area contributed by atoms with Crippen molar-refractivity contribution in [3.8, 4) is 5.75 Å². The van der Waals surface area contributed by atoms with Crippen molar-refractivity contribution in [1.29, 1.82) is 0 Å². The lowest BCUT2D eigenvalue weighted by molar-refractivity contribution is -0.140. The zero-order valence-electron chi connectivity index (χ0n) is 17.0. The lowest BCUT2D eigenvalue weighted by atomic mass is 9.95. The molecule has 2 aromatic carbocycles. The van der Waals surface area contributed by atoms with Crippen LogP contribution in [-0.4, -0.2) is 33.8 Å². The van der Waals surface area contributed by atoms with E-state index in [1.54, 1.807) is 48.8 Å². The van der Waals surface area contributed by atoms with Crippen molar-refractivity contribution in [3.05, 3.63) is 99.5 Å². The third kappa shape index (κ3) is 4.01. The van der Waals surface area contributed by atoms with Gasteiger partial charge in [-0.2, -0.15) is 0 Å². The Balaban J connectivity index is 1.86. The summed E-state index contributed by atoms with van der Waals surface area (Å²) in [6, 6.07) is 13.6. The van der Waals surface area contributed by atoms with Gasteiger partial charge in [0, 0.05) is 29.0 Å². The van der Waals surface area contributed by atoms with Gasteiger partial charge < -0.3 is 14.7 Å². The van der Waals surface area contributed by atoms with E-state index in [2.05, 4.69) is 20.9 Å². The normalized spacial score (nSPS) is 17.6. The van der Waals surface area contributed by atoms with Gasteiger partial charge in [-0.05, 0) is 53.6 Å². The first-order chi connectivity index (χ1) is 15.4. The summed E-state index contributed by atoms with van der Waals surface area (Å²) in [6.07, 6.45) is 3.20. The summed E-state index contributed by atoms with van der Waals surface area (Å²) in [6.45, 7) is 0.140. The van der Waals surface area contributed by atoms with Crippen molar-refractivity contribution in [1.82, 2.24) is 9.88 Å². The van der Waals surface area contributed by atoms with Crippen LogP contribution < -0.4 is 4.74 Å². The molecule has 0 spiro atoms.